The summed E-state index contributed by atoms with van der Waals surface area (Å²) >= 11 is 0. The van der Waals surface area contributed by atoms with E-state index in [0.29, 0.717) is 5.92 Å². The molecule has 1 N–H and O–H groups in total. The minimum atomic E-state index is 0.105. The molecule has 0 aliphatic rings. The van der Waals surface area contributed by atoms with Gasteiger partial charge in [0.25, 0.3) is 0 Å². The van der Waals surface area contributed by atoms with Gasteiger partial charge in [0, 0.05) is 11.1 Å². The van der Waals surface area contributed by atoms with Crippen molar-refractivity contribution < 1.29 is 0 Å². The average molecular weight is 141 g/mol. The van der Waals surface area contributed by atoms with Crippen LogP contribution < -0.4 is 0 Å². The van der Waals surface area contributed by atoms with Crippen LogP contribution in [-0.4, -0.2) is 5.71 Å². The summed E-state index contributed by atoms with van der Waals surface area (Å²) in [5.41, 5.74) is 0.898. The predicted molar refractivity (Wildman–Crippen MR) is 46.6 cm³/mol. The fraction of sp³-hybridized carbons (Fsp3) is 0.889. The molecule has 0 aromatic carbocycles. The SMILES string of the molecule is CC(=N)C(C)(C)CC(C)C. The molecule has 0 rings (SSSR count). The van der Waals surface area contributed by atoms with Gasteiger partial charge in [-0.2, -0.15) is 0 Å². The fourth-order valence-electron chi connectivity index (χ4n) is 1.17. The van der Waals surface area contributed by atoms with E-state index < -0.39 is 0 Å². The maximum Gasteiger partial charge on any atom is 0.0114 e. The van der Waals surface area contributed by atoms with E-state index in [2.05, 4.69) is 27.7 Å². The molecule has 0 aromatic heterocycles. The summed E-state index contributed by atoms with van der Waals surface area (Å²) < 4.78 is 0. The molecule has 0 aliphatic carbocycles. The number of nitrogens with one attached hydrogen (secondary N) is 1. The normalized spacial score (nSPS) is 12.2. The summed E-state index contributed by atoms with van der Waals surface area (Å²) in [4.78, 5) is 0. The minimum absolute atomic E-state index is 0.105. The van der Waals surface area contributed by atoms with Crippen molar-refractivity contribution in [1.82, 2.24) is 0 Å². The zero-order valence-corrected chi connectivity index (χ0v) is 7.78. The Morgan fingerprint density at radius 1 is 1.40 bits per heavy atom. The van der Waals surface area contributed by atoms with Gasteiger partial charge in [-0.3, -0.25) is 0 Å². The van der Waals surface area contributed by atoms with E-state index in [1.807, 2.05) is 6.92 Å². The summed E-state index contributed by atoms with van der Waals surface area (Å²) in [6.07, 6.45) is 1.11. The molecule has 60 valence electrons. The Bertz CT molecular complexity index is 123. The second-order valence-electron chi connectivity index (χ2n) is 4.11. The lowest BCUT2D eigenvalue weighted by Crippen LogP contribution is -2.22. The lowest BCUT2D eigenvalue weighted by Gasteiger charge is -2.25. The van der Waals surface area contributed by atoms with Gasteiger partial charge in [-0.25, -0.2) is 0 Å². The second kappa shape index (κ2) is 3.18. The smallest absolute Gasteiger partial charge is 0.0114 e. The first-order chi connectivity index (χ1) is 4.36. The Balaban J connectivity index is 4.00. The van der Waals surface area contributed by atoms with E-state index in [4.69, 9.17) is 5.41 Å². The molecule has 0 spiro atoms. The number of hydrogen-bond acceptors (Lipinski definition) is 1. The van der Waals surface area contributed by atoms with Crippen LogP contribution in [0.5, 0.6) is 0 Å². The molecule has 0 aliphatic heterocycles. The molecular weight excluding hydrogens is 122 g/mol. The van der Waals surface area contributed by atoms with E-state index in [1.54, 1.807) is 0 Å². The molecule has 0 aromatic rings. The van der Waals surface area contributed by atoms with Crippen LogP contribution in [0.15, 0.2) is 0 Å². The van der Waals surface area contributed by atoms with E-state index in [-0.39, 0.29) is 5.41 Å². The predicted octanol–water partition coefficient (Wildman–Crippen LogP) is 3.10. The van der Waals surface area contributed by atoms with Crippen molar-refractivity contribution in [3.8, 4) is 0 Å². The van der Waals surface area contributed by atoms with Crippen molar-refractivity contribution in [2.75, 3.05) is 0 Å². The van der Waals surface area contributed by atoms with Gasteiger partial charge < -0.3 is 5.41 Å². The van der Waals surface area contributed by atoms with E-state index in [1.165, 1.54) is 0 Å². The highest BCUT2D eigenvalue weighted by atomic mass is 14.5. The fourth-order valence-corrected chi connectivity index (χ4v) is 1.17. The highest BCUT2D eigenvalue weighted by Gasteiger charge is 2.21. The first kappa shape index (κ1) is 9.67. The van der Waals surface area contributed by atoms with Gasteiger partial charge in [0.15, 0.2) is 0 Å². The lowest BCUT2D eigenvalue weighted by molar-refractivity contribution is 0.391. The molecule has 1 nitrogen and oxygen atoms in total. The van der Waals surface area contributed by atoms with Crippen molar-refractivity contribution in [2.45, 2.75) is 41.0 Å². The molecule has 0 unspecified atom stereocenters. The summed E-state index contributed by atoms with van der Waals surface area (Å²) in [7, 11) is 0. The van der Waals surface area contributed by atoms with Crippen LogP contribution in [0.3, 0.4) is 0 Å². The molecule has 1 heteroatoms. The largest absolute Gasteiger partial charge is 0.309 e. The third-order valence-corrected chi connectivity index (χ3v) is 1.93. The Kier molecular flexibility index (Phi) is 3.07. The number of rotatable bonds is 3. The summed E-state index contributed by atoms with van der Waals surface area (Å²) in [5.74, 6) is 0.690. The highest BCUT2D eigenvalue weighted by Crippen LogP contribution is 2.25. The maximum absolute atomic E-state index is 7.49. The molecule has 0 saturated heterocycles. The molecule has 0 fully saturated rings. The minimum Gasteiger partial charge on any atom is -0.309 e. The standard InChI is InChI=1S/C9H19N/c1-7(2)6-9(4,5)8(3)10/h7,10H,6H2,1-5H3. The Morgan fingerprint density at radius 3 is 1.90 bits per heavy atom. The van der Waals surface area contributed by atoms with Crippen molar-refractivity contribution in [1.29, 1.82) is 5.41 Å². The third kappa shape index (κ3) is 3.00. The summed E-state index contributed by atoms with van der Waals surface area (Å²) in [6.45, 7) is 10.6. The van der Waals surface area contributed by atoms with Crippen molar-refractivity contribution in [3.63, 3.8) is 0 Å². The Labute approximate surface area is 64.3 Å². The molecule has 10 heavy (non-hydrogen) atoms. The zero-order valence-electron chi connectivity index (χ0n) is 7.78. The molecule has 0 radical (unpaired) electrons. The monoisotopic (exact) mass is 141 g/mol. The van der Waals surface area contributed by atoms with Gasteiger partial charge in [0.05, 0.1) is 0 Å². The van der Waals surface area contributed by atoms with E-state index in [9.17, 15) is 0 Å². The number of hydrogen-bond donors (Lipinski definition) is 1. The van der Waals surface area contributed by atoms with Crippen molar-refractivity contribution >= 4 is 5.71 Å². The van der Waals surface area contributed by atoms with Gasteiger partial charge in [-0.1, -0.05) is 27.7 Å². The maximum atomic E-state index is 7.49. The van der Waals surface area contributed by atoms with Crippen LogP contribution >= 0.6 is 0 Å². The average Bonchev–Trinajstić information content (AvgIpc) is 1.60. The van der Waals surface area contributed by atoms with Gasteiger partial charge in [0.1, 0.15) is 0 Å². The highest BCUT2D eigenvalue weighted by molar-refractivity contribution is 5.84. The van der Waals surface area contributed by atoms with Crippen LogP contribution in [0.1, 0.15) is 41.0 Å². The quantitative estimate of drug-likeness (QED) is 0.584. The van der Waals surface area contributed by atoms with Crippen molar-refractivity contribution in [3.05, 3.63) is 0 Å². The second-order valence-corrected chi connectivity index (χ2v) is 4.11. The van der Waals surface area contributed by atoms with Crippen LogP contribution in [0.25, 0.3) is 0 Å². The van der Waals surface area contributed by atoms with Gasteiger partial charge in [0.2, 0.25) is 0 Å². The van der Waals surface area contributed by atoms with Crippen molar-refractivity contribution in [2.24, 2.45) is 11.3 Å². The van der Waals surface area contributed by atoms with E-state index >= 15 is 0 Å². The van der Waals surface area contributed by atoms with Crippen LogP contribution in [0.4, 0.5) is 0 Å². The molecule has 0 atom stereocenters. The van der Waals surface area contributed by atoms with E-state index in [0.717, 1.165) is 12.1 Å². The topological polar surface area (TPSA) is 23.9 Å². The first-order valence-corrected chi connectivity index (χ1v) is 3.92. The molecular formula is C9H19N. The lowest BCUT2D eigenvalue weighted by atomic mass is 9.80. The summed E-state index contributed by atoms with van der Waals surface area (Å²) in [6, 6.07) is 0. The Hall–Kier alpha value is -0.330. The van der Waals surface area contributed by atoms with Gasteiger partial charge in [-0.05, 0) is 19.3 Å². The molecule has 0 bridgehead atoms. The first-order valence-electron chi connectivity index (χ1n) is 3.92. The van der Waals surface area contributed by atoms with Gasteiger partial charge >= 0.3 is 0 Å². The zero-order chi connectivity index (χ0) is 8.36. The summed E-state index contributed by atoms with van der Waals surface area (Å²) in [5, 5.41) is 7.49. The molecule has 0 heterocycles. The van der Waals surface area contributed by atoms with Crippen LogP contribution in [-0.2, 0) is 0 Å². The van der Waals surface area contributed by atoms with Crippen LogP contribution in [0, 0.1) is 16.7 Å². The van der Waals surface area contributed by atoms with Gasteiger partial charge in [-0.15, -0.1) is 0 Å². The molecule has 0 saturated carbocycles. The third-order valence-electron chi connectivity index (χ3n) is 1.93. The Morgan fingerprint density at radius 2 is 1.80 bits per heavy atom. The van der Waals surface area contributed by atoms with Crippen LogP contribution in [0.2, 0.25) is 0 Å². The molecule has 0 amide bonds.